The third kappa shape index (κ3) is 3.82. The predicted octanol–water partition coefficient (Wildman–Crippen LogP) is -0.536. The van der Waals surface area contributed by atoms with Crippen molar-refractivity contribution in [1.29, 1.82) is 0 Å². The van der Waals surface area contributed by atoms with Crippen LogP contribution in [0.1, 0.15) is 0 Å². The molecule has 0 fully saturated rings. The lowest BCUT2D eigenvalue weighted by atomic mass is 11.4. The molecule has 0 aliphatic carbocycles. The number of nitrogens with zero attached hydrogens (tertiary/aromatic N) is 1. The third-order valence-corrected chi connectivity index (χ3v) is 0.627. The van der Waals surface area contributed by atoms with Crippen molar-refractivity contribution in [2.24, 2.45) is 5.73 Å². The van der Waals surface area contributed by atoms with Gasteiger partial charge in [-0.05, 0) is 6.26 Å². The van der Waals surface area contributed by atoms with E-state index in [1.165, 1.54) is 0 Å². The molecule has 0 amide bonds. The molecule has 0 aromatic rings. The van der Waals surface area contributed by atoms with Crippen molar-refractivity contribution >= 4 is 16.9 Å². The van der Waals surface area contributed by atoms with Gasteiger partial charge in [0.05, 0.1) is 0 Å². The maximum atomic E-state index is 8.02. The third-order valence-electron chi connectivity index (χ3n) is 0.209. The zero-order valence-electron chi connectivity index (χ0n) is 2.93. The molecule has 29 valence electrons. The van der Waals surface area contributed by atoms with E-state index in [0.29, 0.717) is 0 Å². The molecule has 3 heteroatoms. The summed E-state index contributed by atoms with van der Waals surface area (Å²) in [4.78, 5) is 0. The fourth-order valence-corrected chi connectivity index (χ4v) is 0. The minimum absolute atomic E-state index is 0.0787. The Kier molecular flexibility index (Phi) is 2.01. The molecule has 0 saturated heterocycles. The maximum Gasteiger partial charge on any atom is 0.180 e. The van der Waals surface area contributed by atoms with Crippen LogP contribution in [0.4, 0.5) is 0 Å². The number of amidine groups is 1. The fourth-order valence-electron chi connectivity index (χ4n) is 0. The summed E-state index contributed by atoms with van der Waals surface area (Å²) in [5.41, 5.74) is 4.73. The molecule has 2 N–H and O–H groups in total. The molecule has 2 nitrogen and oxygen atoms in total. The van der Waals surface area contributed by atoms with Crippen molar-refractivity contribution in [2.45, 2.75) is 0 Å². The van der Waals surface area contributed by atoms with Crippen molar-refractivity contribution < 1.29 is 0 Å². The van der Waals surface area contributed by atoms with Crippen LogP contribution in [0.3, 0.4) is 0 Å². The van der Waals surface area contributed by atoms with Crippen molar-refractivity contribution in [1.82, 2.24) is 5.41 Å². The van der Waals surface area contributed by atoms with Crippen LogP contribution in [-0.2, 0) is 0 Å². The Morgan fingerprint density at radius 2 is 2.20 bits per heavy atom. The van der Waals surface area contributed by atoms with Crippen LogP contribution >= 0.6 is 11.8 Å². The zero-order valence-corrected chi connectivity index (χ0v) is 3.75. The highest BCUT2D eigenvalue weighted by Gasteiger charge is 1.73. The Morgan fingerprint density at radius 1 is 2.00 bits per heavy atom. The highest BCUT2D eigenvalue weighted by molar-refractivity contribution is 8.13. The van der Waals surface area contributed by atoms with Gasteiger partial charge >= 0.3 is 0 Å². The van der Waals surface area contributed by atoms with Crippen LogP contribution < -0.4 is 11.1 Å². The van der Waals surface area contributed by atoms with Crippen LogP contribution in [0.2, 0.25) is 0 Å². The van der Waals surface area contributed by atoms with Crippen molar-refractivity contribution in [3.63, 3.8) is 0 Å². The molecule has 0 rings (SSSR count). The molecular weight excluding hydrogens is 84.1 g/mol. The lowest BCUT2D eigenvalue weighted by molar-refractivity contribution is 1.72. The van der Waals surface area contributed by atoms with Gasteiger partial charge in [0.25, 0.3) is 0 Å². The maximum absolute atomic E-state index is 8.02. The Morgan fingerprint density at radius 3 is 2.20 bits per heavy atom. The first-order valence-corrected chi connectivity index (χ1v) is 2.35. The molecule has 5 heavy (non-hydrogen) atoms. The minimum atomic E-state index is -0.0787. The molecule has 0 spiro atoms. The number of rotatable bonds is 0. The summed E-state index contributed by atoms with van der Waals surface area (Å²) in [6.45, 7) is 0. The lowest BCUT2D eigenvalue weighted by Gasteiger charge is -1.76. The molecule has 0 aromatic carbocycles. The first-order valence-electron chi connectivity index (χ1n) is 1.12. The summed E-state index contributed by atoms with van der Waals surface area (Å²) in [5, 5.41) is 7.94. The normalized spacial score (nSPS) is 7.40. The second-order valence-electron chi connectivity index (χ2n) is 0.542. The van der Waals surface area contributed by atoms with Gasteiger partial charge in [0.2, 0.25) is 0 Å². The molecule has 0 bridgehead atoms. The molecule has 0 aromatic heterocycles. The van der Waals surface area contributed by atoms with E-state index in [4.69, 9.17) is 11.1 Å². The fraction of sp³-hybridized carbons (Fsp3) is 0.500. The lowest BCUT2D eigenvalue weighted by Crippen LogP contribution is -2.04. The SMILES string of the molecule is CSC(=[N])N. The van der Waals surface area contributed by atoms with E-state index >= 15 is 0 Å². The number of hydrogen-bond acceptors (Lipinski definition) is 1. The van der Waals surface area contributed by atoms with E-state index in [2.05, 4.69) is 0 Å². The van der Waals surface area contributed by atoms with Gasteiger partial charge in [-0.1, -0.05) is 11.8 Å². The topological polar surface area (TPSA) is 48.3 Å². The standard InChI is InChI=1S/C2H5N2S/c1-5-2(3)4/h3H2,1H3. The average molecular weight is 89.1 g/mol. The van der Waals surface area contributed by atoms with Gasteiger partial charge in [-0.25, -0.2) is 0 Å². The zero-order chi connectivity index (χ0) is 4.28. The molecule has 0 heterocycles. The molecule has 0 aliphatic heterocycles. The first kappa shape index (κ1) is 4.82. The molecule has 0 saturated carbocycles. The molecule has 0 aliphatic rings. The van der Waals surface area contributed by atoms with Gasteiger partial charge < -0.3 is 5.73 Å². The Bertz CT molecular complexity index is 42.9. The quantitative estimate of drug-likeness (QED) is 0.320. The highest BCUT2D eigenvalue weighted by Crippen LogP contribution is 1.81. The van der Waals surface area contributed by atoms with Crippen LogP contribution in [-0.4, -0.2) is 11.4 Å². The van der Waals surface area contributed by atoms with Gasteiger partial charge in [0.15, 0.2) is 5.17 Å². The summed E-state index contributed by atoms with van der Waals surface area (Å²) < 4.78 is 0. The van der Waals surface area contributed by atoms with Gasteiger partial charge in [-0.2, -0.15) is 0 Å². The van der Waals surface area contributed by atoms with E-state index in [0.717, 1.165) is 11.8 Å². The molecule has 0 atom stereocenters. The minimum Gasteiger partial charge on any atom is -0.377 e. The van der Waals surface area contributed by atoms with Gasteiger partial charge in [0.1, 0.15) is 0 Å². The van der Waals surface area contributed by atoms with Crippen LogP contribution in [0.25, 0.3) is 0 Å². The smallest absolute Gasteiger partial charge is 0.180 e. The molecule has 0 unspecified atom stereocenters. The highest BCUT2D eigenvalue weighted by atomic mass is 32.2. The number of nitrogens with two attached hydrogens (primary N) is 1. The van der Waals surface area contributed by atoms with Crippen LogP contribution in [0.15, 0.2) is 0 Å². The second-order valence-corrected chi connectivity index (χ2v) is 1.37. The summed E-state index contributed by atoms with van der Waals surface area (Å²) in [5.74, 6) is 0. The summed E-state index contributed by atoms with van der Waals surface area (Å²) in [6, 6.07) is 0. The molecule has 1 radical (unpaired) electrons. The van der Waals surface area contributed by atoms with Crippen molar-refractivity contribution in [3.8, 4) is 0 Å². The Balaban J connectivity index is 2.85. The van der Waals surface area contributed by atoms with E-state index in [1.54, 1.807) is 6.26 Å². The van der Waals surface area contributed by atoms with Crippen molar-refractivity contribution in [2.75, 3.05) is 6.26 Å². The van der Waals surface area contributed by atoms with Gasteiger partial charge in [0, 0.05) is 0 Å². The number of thioether (sulfide) groups is 1. The van der Waals surface area contributed by atoms with E-state index < -0.39 is 0 Å². The van der Waals surface area contributed by atoms with Crippen LogP contribution in [0.5, 0.6) is 0 Å². The Labute approximate surface area is 35.3 Å². The molecular formula is C2H5N2S. The summed E-state index contributed by atoms with van der Waals surface area (Å²) in [7, 11) is 0. The van der Waals surface area contributed by atoms with E-state index in [1.807, 2.05) is 0 Å². The number of hydrogen-bond donors (Lipinski definition) is 1. The van der Waals surface area contributed by atoms with E-state index in [9.17, 15) is 0 Å². The summed E-state index contributed by atoms with van der Waals surface area (Å²) in [6.07, 6.45) is 1.70. The van der Waals surface area contributed by atoms with Gasteiger partial charge in [-0.3, -0.25) is 0 Å². The first-order chi connectivity index (χ1) is 2.27. The largest absolute Gasteiger partial charge is 0.377 e. The van der Waals surface area contributed by atoms with Gasteiger partial charge in [-0.15, -0.1) is 5.41 Å². The Hall–Kier alpha value is -0.180. The van der Waals surface area contributed by atoms with E-state index in [-0.39, 0.29) is 5.17 Å². The second kappa shape index (κ2) is 2.08. The predicted molar refractivity (Wildman–Crippen MR) is 24.8 cm³/mol. The van der Waals surface area contributed by atoms with Crippen molar-refractivity contribution in [3.05, 3.63) is 0 Å². The average Bonchev–Trinajstić information content (AvgIpc) is 1.38. The van der Waals surface area contributed by atoms with Crippen LogP contribution in [0, 0.1) is 0 Å². The monoisotopic (exact) mass is 89.0 g/mol. The summed E-state index contributed by atoms with van der Waals surface area (Å²) >= 11 is 1.13.